The van der Waals surface area contributed by atoms with Crippen LogP contribution in [0.4, 0.5) is 11.6 Å². The molecule has 0 radical (unpaired) electrons. The number of tetrazole rings is 1. The minimum Gasteiger partial charge on any atom is -0.286 e. The summed E-state index contributed by atoms with van der Waals surface area (Å²) in [7, 11) is 0. The number of carbonyl (C=O) groups excluding carboxylic acids is 1. The average Bonchev–Trinajstić information content (AvgIpc) is 3.08. The molecule has 3 aromatic rings. The number of benzene rings is 1. The van der Waals surface area contributed by atoms with E-state index in [9.17, 15) is 14.9 Å². The van der Waals surface area contributed by atoms with Gasteiger partial charge in [-0.3, -0.25) is 20.2 Å². The summed E-state index contributed by atoms with van der Waals surface area (Å²) in [5, 5.41) is 25.9. The molecule has 2 heterocycles. The van der Waals surface area contributed by atoms with Crippen LogP contribution in [0.15, 0.2) is 42.5 Å². The molecule has 10 heteroatoms. The molecular weight excluding hydrogens is 302 g/mol. The van der Waals surface area contributed by atoms with Crippen LogP contribution >= 0.6 is 0 Å². The van der Waals surface area contributed by atoms with Crippen molar-refractivity contribution in [2.45, 2.75) is 0 Å². The molecule has 23 heavy (non-hydrogen) atoms. The molecule has 0 aliphatic carbocycles. The molecule has 0 bridgehead atoms. The Hall–Kier alpha value is -3.69. The molecule has 1 amide bonds. The number of non-ortho nitro benzene ring substituents is 1. The van der Waals surface area contributed by atoms with Crippen LogP contribution in [0.2, 0.25) is 0 Å². The van der Waals surface area contributed by atoms with Crippen molar-refractivity contribution < 1.29 is 9.72 Å². The Morgan fingerprint density at radius 3 is 2.61 bits per heavy atom. The largest absolute Gasteiger partial charge is 0.286 e. The van der Waals surface area contributed by atoms with E-state index in [0.29, 0.717) is 11.3 Å². The van der Waals surface area contributed by atoms with Crippen molar-refractivity contribution in [1.29, 1.82) is 0 Å². The lowest BCUT2D eigenvalue weighted by molar-refractivity contribution is -0.384. The number of hydrogen-bond donors (Lipinski definition) is 2. The summed E-state index contributed by atoms with van der Waals surface area (Å²) in [5.41, 5.74) is 1.32. The highest BCUT2D eigenvalue weighted by molar-refractivity contribution is 6.02. The topological polar surface area (TPSA) is 140 Å². The number of aromatic nitrogens is 5. The maximum Gasteiger partial charge on any atom is 0.276 e. The van der Waals surface area contributed by atoms with Crippen LogP contribution in [0, 0.1) is 10.1 Å². The number of rotatable bonds is 4. The number of pyridine rings is 1. The predicted molar refractivity (Wildman–Crippen MR) is 78.5 cm³/mol. The van der Waals surface area contributed by atoms with Gasteiger partial charge in [0.25, 0.3) is 17.5 Å². The first-order valence-corrected chi connectivity index (χ1v) is 6.40. The summed E-state index contributed by atoms with van der Waals surface area (Å²) >= 11 is 0. The molecule has 0 unspecified atom stereocenters. The van der Waals surface area contributed by atoms with Crippen molar-refractivity contribution in [3.05, 3.63) is 58.3 Å². The molecule has 0 saturated carbocycles. The second-order valence-corrected chi connectivity index (χ2v) is 4.40. The van der Waals surface area contributed by atoms with E-state index in [0.717, 1.165) is 0 Å². The molecule has 0 atom stereocenters. The minimum atomic E-state index is -0.491. The van der Waals surface area contributed by atoms with Crippen molar-refractivity contribution in [2.24, 2.45) is 0 Å². The molecule has 114 valence electrons. The van der Waals surface area contributed by atoms with Gasteiger partial charge in [0.05, 0.1) is 10.6 Å². The Kier molecular flexibility index (Phi) is 3.70. The zero-order valence-electron chi connectivity index (χ0n) is 11.5. The van der Waals surface area contributed by atoms with Gasteiger partial charge in [0.1, 0.15) is 5.69 Å². The molecule has 10 nitrogen and oxygen atoms in total. The van der Waals surface area contributed by atoms with Crippen LogP contribution in [-0.2, 0) is 0 Å². The van der Waals surface area contributed by atoms with Crippen LogP contribution in [0.5, 0.6) is 0 Å². The number of H-pyrrole nitrogens is 1. The molecule has 2 N–H and O–H groups in total. The summed E-state index contributed by atoms with van der Waals surface area (Å²) in [6.45, 7) is 0. The van der Waals surface area contributed by atoms with E-state index in [2.05, 4.69) is 30.9 Å². The van der Waals surface area contributed by atoms with Gasteiger partial charge in [0, 0.05) is 17.7 Å². The first-order chi connectivity index (χ1) is 11.1. The summed E-state index contributed by atoms with van der Waals surface area (Å²) in [6, 6.07) is 10.8. The van der Waals surface area contributed by atoms with E-state index in [-0.39, 0.29) is 17.3 Å². The van der Waals surface area contributed by atoms with Crippen molar-refractivity contribution in [1.82, 2.24) is 25.6 Å². The molecule has 2 aromatic heterocycles. The molecule has 1 aromatic carbocycles. The molecule has 0 aliphatic heterocycles. The highest BCUT2D eigenvalue weighted by Gasteiger charge is 2.12. The molecule has 0 spiro atoms. The van der Waals surface area contributed by atoms with Gasteiger partial charge in [-0.05, 0) is 29.5 Å². The second kappa shape index (κ2) is 5.97. The number of nitro benzene ring substituents is 1. The fourth-order valence-corrected chi connectivity index (χ4v) is 1.86. The van der Waals surface area contributed by atoms with E-state index < -0.39 is 10.8 Å². The number of hydrogen-bond acceptors (Lipinski definition) is 7. The maximum absolute atomic E-state index is 12.1. The molecule has 3 rings (SSSR count). The average molecular weight is 311 g/mol. The Morgan fingerprint density at radius 1 is 1.17 bits per heavy atom. The SMILES string of the molecule is O=C(Nc1nn[nH]n1)c1cccc(-c2ccc([N+](=O)[O-])cc2)n1. The third-order valence-corrected chi connectivity index (χ3v) is 2.93. The standard InChI is InChI=1S/C13H9N7O3/c21-12(15-13-16-18-19-17-13)11-3-1-2-10(14-11)8-4-6-9(7-5-8)20(22)23/h1-7H,(H2,15,16,17,18,19,21). The van der Waals surface area contributed by atoms with Gasteiger partial charge in [-0.2, -0.15) is 5.21 Å². The van der Waals surface area contributed by atoms with Crippen LogP contribution in [0.25, 0.3) is 11.3 Å². The number of carbonyl (C=O) groups is 1. The Balaban J connectivity index is 1.84. The maximum atomic E-state index is 12.1. The van der Waals surface area contributed by atoms with Crippen molar-refractivity contribution in [3.8, 4) is 11.3 Å². The number of nitro groups is 1. The van der Waals surface area contributed by atoms with Gasteiger partial charge in [-0.15, -0.1) is 5.10 Å². The van der Waals surface area contributed by atoms with Crippen molar-refractivity contribution in [2.75, 3.05) is 5.32 Å². The summed E-state index contributed by atoms with van der Waals surface area (Å²) < 4.78 is 0. The van der Waals surface area contributed by atoms with E-state index in [1.54, 1.807) is 24.3 Å². The third kappa shape index (κ3) is 3.15. The van der Waals surface area contributed by atoms with Crippen molar-refractivity contribution >= 4 is 17.5 Å². The Bertz CT molecular complexity index is 846. The third-order valence-electron chi connectivity index (χ3n) is 2.93. The van der Waals surface area contributed by atoms with Crippen LogP contribution in [0.3, 0.4) is 0 Å². The Morgan fingerprint density at radius 2 is 1.96 bits per heavy atom. The monoisotopic (exact) mass is 311 g/mol. The molecule has 0 saturated heterocycles. The second-order valence-electron chi connectivity index (χ2n) is 4.40. The van der Waals surface area contributed by atoms with E-state index in [1.807, 2.05) is 0 Å². The number of nitrogens with zero attached hydrogens (tertiary/aromatic N) is 5. The lowest BCUT2D eigenvalue weighted by atomic mass is 10.1. The number of anilines is 1. The Labute approximate surface area is 128 Å². The van der Waals surface area contributed by atoms with Crippen molar-refractivity contribution in [3.63, 3.8) is 0 Å². The summed E-state index contributed by atoms with van der Waals surface area (Å²) in [5.74, 6) is -0.451. The van der Waals surface area contributed by atoms with Crippen LogP contribution in [-0.4, -0.2) is 36.4 Å². The fraction of sp³-hybridized carbons (Fsp3) is 0. The predicted octanol–water partition coefficient (Wildman–Crippen LogP) is 1.42. The van der Waals surface area contributed by atoms with Gasteiger partial charge in [0.2, 0.25) is 0 Å². The zero-order chi connectivity index (χ0) is 16.2. The normalized spacial score (nSPS) is 10.3. The first-order valence-electron chi connectivity index (χ1n) is 6.40. The quantitative estimate of drug-likeness (QED) is 0.548. The van der Waals surface area contributed by atoms with Gasteiger partial charge in [-0.25, -0.2) is 4.98 Å². The lowest BCUT2D eigenvalue weighted by Crippen LogP contribution is -2.14. The van der Waals surface area contributed by atoms with Crippen LogP contribution in [0.1, 0.15) is 10.5 Å². The minimum absolute atomic E-state index is 0.0141. The van der Waals surface area contributed by atoms with Gasteiger partial charge < -0.3 is 0 Å². The summed E-state index contributed by atoms with van der Waals surface area (Å²) in [6.07, 6.45) is 0. The van der Waals surface area contributed by atoms with E-state index >= 15 is 0 Å². The van der Waals surface area contributed by atoms with E-state index in [1.165, 1.54) is 18.2 Å². The first kappa shape index (κ1) is 14.3. The molecule has 0 fully saturated rings. The van der Waals surface area contributed by atoms with Gasteiger partial charge in [-0.1, -0.05) is 11.2 Å². The lowest BCUT2D eigenvalue weighted by Gasteiger charge is -2.04. The smallest absolute Gasteiger partial charge is 0.276 e. The van der Waals surface area contributed by atoms with E-state index in [4.69, 9.17) is 0 Å². The highest BCUT2D eigenvalue weighted by atomic mass is 16.6. The number of nitrogens with one attached hydrogen (secondary N) is 2. The number of amides is 1. The van der Waals surface area contributed by atoms with Gasteiger partial charge in [0.15, 0.2) is 0 Å². The molecular formula is C13H9N7O3. The highest BCUT2D eigenvalue weighted by Crippen LogP contribution is 2.21. The zero-order valence-corrected chi connectivity index (χ0v) is 11.5. The fourth-order valence-electron chi connectivity index (χ4n) is 1.86. The summed E-state index contributed by atoms with van der Waals surface area (Å²) in [4.78, 5) is 26.5. The molecule has 0 aliphatic rings. The number of aromatic amines is 1. The van der Waals surface area contributed by atoms with Crippen LogP contribution < -0.4 is 5.32 Å². The van der Waals surface area contributed by atoms with Gasteiger partial charge >= 0.3 is 0 Å².